The third-order valence-electron chi connectivity index (χ3n) is 4.27. The number of thiazole rings is 1. The van der Waals surface area contributed by atoms with Crippen LogP contribution in [-0.2, 0) is 0 Å². The molecule has 4 rings (SSSR count). The molecule has 3 aromatic rings. The fourth-order valence-corrected chi connectivity index (χ4v) is 3.86. The van der Waals surface area contributed by atoms with Gasteiger partial charge in [0.15, 0.2) is 5.82 Å². The summed E-state index contributed by atoms with van der Waals surface area (Å²) in [5.41, 5.74) is 2.21. The van der Waals surface area contributed by atoms with Gasteiger partial charge in [0.05, 0.1) is 5.01 Å². The summed E-state index contributed by atoms with van der Waals surface area (Å²) < 4.78 is 0. The van der Waals surface area contributed by atoms with Crippen LogP contribution < -0.4 is 10.2 Å². The van der Waals surface area contributed by atoms with E-state index in [9.17, 15) is 0 Å². The predicted octanol–water partition coefficient (Wildman–Crippen LogP) is 3.33. The van der Waals surface area contributed by atoms with E-state index in [4.69, 9.17) is 0 Å². The summed E-state index contributed by atoms with van der Waals surface area (Å²) in [6, 6.07) is 10.6. The molecule has 1 unspecified atom stereocenters. The number of benzene rings is 1. The molecule has 0 amide bonds. The van der Waals surface area contributed by atoms with Gasteiger partial charge in [-0.2, -0.15) is 0 Å². The first-order chi connectivity index (χ1) is 11.3. The number of rotatable bonds is 4. The third-order valence-corrected chi connectivity index (χ3v) is 5.15. The van der Waals surface area contributed by atoms with Crippen LogP contribution in [-0.4, -0.2) is 34.6 Å². The zero-order valence-electron chi connectivity index (χ0n) is 13.1. The van der Waals surface area contributed by atoms with Gasteiger partial charge in [-0.1, -0.05) is 29.5 Å². The van der Waals surface area contributed by atoms with E-state index in [1.807, 2.05) is 6.92 Å². The number of fused-ring (bicyclic) bond motifs is 1. The molecule has 0 bridgehead atoms. The molecular weight excluding hydrogens is 306 g/mol. The monoisotopic (exact) mass is 325 g/mol. The molecule has 1 saturated heterocycles. The quantitative estimate of drug-likeness (QED) is 0.797. The second kappa shape index (κ2) is 6.12. The zero-order valence-corrected chi connectivity index (χ0v) is 13.9. The highest BCUT2D eigenvalue weighted by Crippen LogP contribution is 2.26. The van der Waals surface area contributed by atoms with Crippen molar-refractivity contribution in [2.45, 2.75) is 13.3 Å². The Morgan fingerprint density at radius 2 is 2.13 bits per heavy atom. The highest BCUT2D eigenvalue weighted by Gasteiger charge is 2.22. The van der Waals surface area contributed by atoms with Crippen molar-refractivity contribution >= 4 is 33.2 Å². The van der Waals surface area contributed by atoms with Gasteiger partial charge in [-0.15, -0.1) is 0 Å². The van der Waals surface area contributed by atoms with E-state index in [0.29, 0.717) is 5.92 Å². The Kier molecular flexibility index (Phi) is 3.83. The first kappa shape index (κ1) is 14.4. The molecule has 1 N–H and O–H groups in total. The van der Waals surface area contributed by atoms with Crippen LogP contribution in [0.4, 0.5) is 11.5 Å². The summed E-state index contributed by atoms with van der Waals surface area (Å²) in [5.74, 6) is 1.48. The van der Waals surface area contributed by atoms with Gasteiger partial charge in [-0.05, 0) is 31.4 Å². The van der Waals surface area contributed by atoms with E-state index >= 15 is 0 Å². The summed E-state index contributed by atoms with van der Waals surface area (Å²) in [5, 5.41) is 4.51. The second-order valence-corrected chi connectivity index (χ2v) is 7.11. The first-order valence-electron chi connectivity index (χ1n) is 7.91. The van der Waals surface area contributed by atoms with E-state index < -0.39 is 0 Å². The third kappa shape index (κ3) is 2.99. The van der Waals surface area contributed by atoms with Gasteiger partial charge in [-0.3, -0.25) is 0 Å². The highest BCUT2D eigenvalue weighted by atomic mass is 32.1. The molecule has 1 aromatic carbocycles. The lowest BCUT2D eigenvalue weighted by Gasteiger charge is -2.18. The average molecular weight is 325 g/mol. The Hall–Kier alpha value is -2.21. The standard InChI is InChI=1S/C17H19N5S/c1-12-21-15-16(19-11-20-17(15)23-12)18-9-13-7-8-22(10-13)14-5-3-2-4-6-14/h2-6,11,13H,7-10H2,1H3,(H,18,19,20). The number of nitrogens with zero attached hydrogens (tertiary/aromatic N) is 4. The van der Waals surface area contributed by atoms with Crippen molar-refractivity contribution in [3.63, 3.8) is 0 Å². The number of hydrogen-bond acceptors (Lipinski definition) is 6. The summed E-state index contributed by atoms with van der Waals surface area (Å²) in [4.78, 5) is 16.6. The van der Waals surface area contributed by atoms with Crippen molar-refractivity contribution < 1.29 is 0 Å². The second-order valence-electron chi connectivity index (χ2n) is 5.93. The molecule has 1 atom stereocenters. The van der Waals surface area contributed by atoms with E-state index in [-0.39, 0.29) is 0 Å². The minimum atomic E-state index is 0.625. The maximum absolute atomic E-state index is 4.54. The van der Waals surface area contributed by atoms with Crippen molar-refractivity contribution in [3.05, 3.63) is 41.7 Å². The smallest absolute Gasteiger partial charge is 0.156 e. The van der Waals surface area contributed by atoms with E-state index in [1.165, 1.54) is 12.1 Å². The minimum Gasteiger partial charge on any atom is -0.371 e. The van der Waals surface area contributed by atoms with Gasteiger partial charge < -0.3 is 10.2 Å². The molecule has 2 aromatic heterocycles. The van der Waals surface area contributed by atoms with Crippen LogP contribution >= 0.6 is 11.3 Å². The highest BCUT2D eigenvalue weighted by molar-refractivity contribution is 7.18. The number of anilines is 2. The topological polar surface area (TPSA) is 53.9 Å². The Morgan fingerprint density at radius 1 is 1.26 bits per heavy atom. The number of aryl methyl sites for hydroxylation is 1. The van der Waals surface area contributed by atoms with Crippen LogP contribution in [0, 0.1) is 12.8 Å². The van der Waals surface area contributed by atoms with E-state index in [2.05, 4.69) is 55.5 Å². The molecule has 0 radical (unpaired) electrons. The summed E-state index contributed by atoms with van der Waals surface area (Å²) >= 11 is 1.61. The number of nitrogens with one attached hydrogen (secondary N) is 1. The van der Waals surface area contributed by atoms with Crippen LogP contribution in [0.3, 0.4) is 0 Å². The SMILES string of the molecule is Cc1nc2c(NCC3CCN(c4ccccc4)C3)ncnc2s1. The molecule has 0 spiro atoms. The van der Waals surface area contributed by atoms with Crippen molar-refractivity contribution in [2.75, 3.05) is 29.9 Å². The zero-order chi connectivity index (χ0) is 15.6. The van der Waals surface area contributed by atoms with Gasteiger partial charge in [0, 0.05) is 25.3 Å². The van der Waals surface area contributed by atoms with Crippen LogP contribution in [0.25, 0.3) is 10.3 Å². The van der Waals surface area contributed by atoms with Crippen molar-refractivity contribution in [1.82, 2.24) is 15.0 Å². The molecule has 1 aliphatic heterocycles. The molecule has 0 aliphatic carbocycles. The molecule has 5 nitrogen and oxygen atoms in total. The number of hydrogen-bond donors (Lipinski definition) is 1. The van der Waals surface area contributed by atoms with Crippen LogP contribution in [0.15, 0.2) is 36.7 Å². The molecule has 23 heavy (non-hydrogen) atoms. The molecule has 6 heteroatoms. The van der Waals surface area contributed by atoms with E-state index in [1.54, 1.807) is 17.7 Å². The molecule has 1 aliphatic rings. The molecule has 3 heterocycles. The van der Waals surface area contributed by atoms with Gasteiger partial charge in [0.25, 0.3) is 0 Å². The lowest BCUT2D eigenvalue weighted by Crippen LogP contribution is -2.22. The van der Waals surface area contributed by atoms with Gasteiger partial charge in [-0.25, -0.2) is 15.0 Å². The van der Waals surface area contributed by atoms with E-state index in [0.717, 1.165) is 40.8 Å². The summed E-state index contributed by atoms with van der Waals surface area (Å²) in [6.07, 6.45) is 2.82. The van der Waals surface area contributed by atoms with Gasteiger partial charge in [0.1, 0.15) is 16.7 Å². The van der Waals surface area contributed by atoms with Crippen LogP contribution in [0.1, 0.15) is 11.4 Å². The molecule has 118 valence electrons. The number of para-hydroxylation sites is 1. The lowest BCUT2D eigenvalue weighted by molar-refractivity contribution is 0.621. The maximum atomic E-state index is 4.54. The Bertz CT molecular complexity index is 801. The van der Waals surface area contributed by atoms with Crippen molar-refractivity contribution in [1.29, 1.82) is 0 Å². The normalized spacial score (nSPS) is 17.8. The Balaban J connectivity index is 1.41. The molecule has 0 saturated carbocycles. The molecule has 1 fully saturated rings. The van der Waals surface area contributed by atoms with Crippen molar-refractivity contribution in [2.24, 2.45) is 5.92 Å². The van der Waals surface area contributed by atoms with Crippen LogP contribution in [0.2, 0.25) is 0 Å². The van der Waals surface area contributed by atoms with Crippen molar-refractivity contribution in [3.8, 4) is 0 Å². The molecular formula is C17H19N5S. The fraction of sp³-hybridized carbons (Fsp3) is 0.353. The first-order valence-corrected chi connectivity index (χ1v) is 8.73. The fourth-order valence-electron chi connectivity index (χ4n) is 3.10. The lowest BCUT2D eigenvalue weighted by atomic mass is 10.1. The predicted molar refractivity (Wildman–Crippen MR) is 95.2 cm³/mol. The largest absolute Gasteiger partial charge is 0.371 e. The Labute approximate surface area is 139 Å². The minimum absolute atomic E-state index is 0.625. The van der Waals surface area contributed by atoms with Crippen LogP contribution in [0.5, 0.6) is 0 Å². The number of aromatic nitrogens is 3. The average Bonchev–Trinajstić information content (AvgIpc) is 3.19. The maximum Gasteiger partial charge on any atom is 0.156 e. The summed E-state index contributed by atoms with van der Waals surface area (Å²) in [7, 11) is 0. The Morgan fingerprint density at radius 3 is 3.00 bits per heavy atom. The van der Waals surface area contributed by atoms with Gasteiger partial charge >= 0.3 is 0 Å². The van der Waals surface area contributed by atoms with Gasteiger partial charge in [0.2, 0.25) is 0 Å². The summed E-state index contributed by atoms with van der Waals surface area (Å²) in [6.45, 7) is 5.13.